The summed E-state index contributed by atoms with van der Waals surface area (Å²) in [7, 11) is 3.61. The summed E-state index contributed by atoms with van der Waals surface area (Å²) in [6.07, 6.45) is 5.20. The standard InChI is InChI=1S/C12H24N2O/c1-5-6-12(7-8-12)9-13-10(2)11(15)14(3)4/h10,13H,5-9H2,1-4H3. The molecule has 0 saturated heterocycles. The van der Waals surface area contributed by atoms with Gasteiger partial charge in [-0.15, -0.1) is 0 Å². The molecule has 0 bridgehead atoms. The van der Waals surface area contributed by atoms with Crippen molar-refractivity contribution in [3.63, 3.8) is 0 Å². The third-order valence-corrected chi connectivity index (χ3v) is 3.33. The number of carbonyl (C=O) groups excluding carboxylic acids is 1. The summed E-state index contributed by atoms with van der Waals surface area (Å²) >= 11 is 0. The highest BCUT2D eigenvalue weighted by atomic mass is 16.2. The van der Waals surface area contributed by atoms with E-state index >= 15 is 0 Å². The van der Waals surface area contributed by atoms with Crippen molar-refractivity contribution in [3.05, 3.63) is 0 Å². The smallest absolute Gasteiger partial charge is 0.238 e. The van der Waals surface area contributed by atoms with Gasteiger partial charge in [-0.1, -0.05) is 13.3 Å². The zero-order valence-corrected chi connectivity index (χ0v) is 10.5. The normalized spacial score (nSPS) is 19.7. The molecule has 1 amide bonds. The number of carbonyl (C=O) groups is 1. The van der Waals surface area contributed by atoms with E-state index in [9.17, 15) is 4.79 Å². The van der Waals surface area contributed by atoms with Crippen molar-refractivity contribution >= 4 is 5.91 Å². The van der Waals surface area contributed by atoms with Gasteiger partial charge in [-0.2, -0.15) is 0 Å². The second-order valence-corrected chi connectivity index (χ2v) is 5.09. The maximum Gasteiger partial charge on any atom is 0.238 e. The Labute approximate surface area is 93.2 Å². The molecule has 1 rings (SSSR count). The summed E-state index contributed by atoms with van der Waals surface area (Å²) in [6.45, 7) is 5.18. The molecule has 1 fully saturated rings. The Morgan fingerprint density at radius 3 is 2.47 bits per heavy atom. The molecule has 1 saturated carbocycles. The summed E-state index contributed by atoms with van der Waals surface area (Å²) < 4.78 is 0. The molecule has 88 valence electrons. The second-order valence-electron chi connectivity index (χ2n) is 5.09. The molecular weight excluding hydrogens is 188 g/mol. The van der Waals surface area contributed by atoms with E-state index in [1.165, 1.54) is 25.7 Å². The van der Waals surface area contributed by atoms with E-state index in [2.05, 4.69) is 12.2 Å². The van der Waals surface area contributed by atoms with Crippen LogP contribution >= 0.6 is 0 Å². The molecule has 1 unspecified atom stereocenters. The molecule has 1 N–H and O–H groups in total. The highest BCUT2D eigenvalue weighted by Crippen LogP contribution is 2.48. The molecule has 15 heavy (non-hydrogen) atoms. The minimum absolute atomic E-state index is 0.0469. The van der Waals surface area contributed by atoms with Gasteiger partial charge < -0.3 is 10.2 Å². The monoisotopic (exact) mass is 212 g/mol. The number of amides is 1. The van der Waals surface area contributed by atoms with Gasteiger partial charge >= 0.3 is 0 Å². The number of hydrogen-bond acceptors (Lipinski definition) is 2. The number of nitrogens with one attached hydrogen (secondary N) is 1. The number of rotatable bonds is 6. The van der Waals surface area contributed by atoms with Crippen LogP contribution in [-0.2, 0) is 4.79 Å². The van der Waals surface area contributed by atoms with E-state index in [1.807, 2.05) is 6.92 Å². The van der Waals surface area contributed by atoms with Gasteiger partial charge in [0, 0.05) is 20.6 Å². The van der Waals surface area contributed by atoms with Gasteiger partial charge in [-0.25, -0.2) is 0 Å². The van der Waals surface area contributed by atoms with Gasteiger partial charge in [0.2, 0.25) is 5.91 Å². The van der Waals surface area contributed by atoms with Crippen LogP contribution in [0.5, 0.6) is 0 Å². The first kappa shape index (κ1) is 12.5. The third-order valence-electron chi connectivity index (χ3n) is 3.33. The lowest BCUT2D eigenvalue weighted by Crippen LogP contribution is -2.43. The van der Waals surface area contributed by atoms with E-state index in [-0.39, 0.29) is 11.9 Å². The first-order chi connectivity index (χ1) is 7.01. The molecule has 0 aromatic carbocycles. The van der Waals surface area contributed by atoms with E-state index < -0.39 is 0 Å². The van der Waals surface area contributed by atoms with Crippen LogP contribution in [0, 0.1) is 5.41 Å². The van der Waals surface area contributed by atoms with Gasteiger partial charge in [0.15, 0.2) is 0 Å². The molecule has 0 radical (unpaired) electrons. The molecule has 3 nitrogen and oxygen atoms in total. The maximum absolute atomic E-state index is 11.6. The van der Waals surface area contributed by atoms with E-state index in [0.717, 1.165) is 6.54 Å². The van der Waals surface area contributed by atoms with Crippen LogP contribution < -0.4 is 5.32 Å². The fourth-order valence-electron chi connectivity index (χ4n) is 2.07. The lowest BCUT2D eigenvalue weighted by atomic mass is 10.0. The molecule has 0 aliphatic heterocycles. The lowest BCUT2D eigenvalue weighted by Gasteiger charge is -2.21. The highest BCUT2D eigenvalue weighted by molar-refractivity contribution is 5.80. The van der Waals surface area contributed by atoms with Gasteiger partial charge in [0.1, 0.15) is 0 Å². The van der Waals surface area contributed by atoms with Gasteiger partial charge in [0.05, 0.1) is 6.04 Å². The van der Waals surface area contributed by atoms with Crippen LogP contribution in [0.4, 0.5) is 0 Å². The topological polar surface area (TPSA) is 32.3 Å². The molecule has 0 aromatic heterocycles. The fourth-order valence-corrected chi connectivity index (χ4v) is 2.07. The summed E-state index contributed by atoms with van der Waals surface area (Å²) in [5, 5.41) is 3.36. The highest BCUT2D eigenvalue weighted by Gasteiger charge is 2.41. The Morgan fingerprint density at radius 1 is 1.47 bits per heavy atom. The van der Waals surface area contributed by atoms with Crippen LogP contribution in [0.1, 0.15) is 39.5 Å². The minimum atomic E-state index is -0.0469. The van der Waals surface area contributed by atoms with E-state index in [1.54, 1.807) is 19.0 Å². The molecule has 3 heteroatoms. The molecular formula is C12H24N2O. The Bertz CT molecular complexity index is 222. The predicted octanol–water partition coefficient (Wildman–Crippen LogP) is 1.63. The fraction of sp³-hybridized carbons (Fsp3) is 0.917. The lowest BCUT2D eigenvalue weighted by molar-refractivity contribution is -0.130. The quantitative estimate of drug-likeness (QED) is 0.726. The summed E-state index contributed by atoms with van der Waals surface area (Å²) in [6, 6.07) is -0.0469. The van der Waals surface area contributed by atoms with Gasteiger partial charge in [-0.3, -0.25) is 4.79 Å². The van der Waals surface area contributed by atoms with Crippen molar-refractivity contribution in [1.82, 2.24) is 10.2 Å². The van der Waals surface area contributed by atoms with Crippen molar-refractivity contribution in [2.24, 2.45) is 5.41 Å². The average Bonchev–Trinajstić information content (AvgIpc) is 2.94. The summed E-state index contributed by atoms with van der Waals surface area (Å²) in [5.41, 5.74) is 0.523. The Kier molecular flexibility index (Phi) is 4.14. The van der Waals surface area contributed by atoms with Crippen LogP contribution in [-0.4, -0.2) is 37.5 Å². The van der Waals surface area contributed by atoms with Crippen LogP contribution in [0.25, 0.3) is 0 Å². The van der Waals surface area contributed by atoms with E-state index in [0.29, 0.717) is 5.41 Å². The Balaban J connectivity index is 2.28. The van der Waals surface area contributed by atoms with Crippen LogP contribution in [0.2, 0.25) is 0 Å². The number of nitrogens with zero attached hydrogens (tertiary/aromatic N) is 1. The predicted molar refractivity (Wildman–Crippen MR) is 62.7 cm³/mol. The summed E-state index contributed by atoms with van der Waals surface area (Å²) in [5.74, 6) is 0.169. The first-order valence-corrected chi connectivity index (χ1v) is 5.95. The first-order valence-electron chi connectivity index (χ1n) is 5.95. The zero-order chi connectivity index (χ0) is 11.5. The second kappa shape index (κ2) is 4.97. The molecule has 0 heterocycles. The molecule has 1 atom stereocenters. The van der Waals surface area contributed by atoms with Crippen molar-refractivity contribution < 1.29 is 4.79 Å². The largest absolute Gasteiger partial charge is 0.347 e. The number of hydrogen-bond donors (Lipinski definition) is 1. The van der Waals surface area contributed by atoms with E-state index in [4.69, 9.17) is 0 Å². The Morgan fingerprint density at radius 2 is 2.07 bits per heavy atom. The Hall–Kier alpha value is -0.570. The molecule has 1 aliphatic carbocycles. The molecule has 0 spiro atoms. The maximum atomic E-state index is 11.6. The van der Waals surface area contributed by atoms with Crippen LogP contribution in [0.3, 0.4) is 0 Å². The number of likely N-dealkylation sites (N-methyl/N-ethyl adjacent to an activating group) is 1. The van der Waals surface area contributed by atoms with Crippen molar-refractivity contribution in [2.45, 2.75) is 45.6 Å². The SMILES string of the molecule is CCCC1(CNC(C)C(=O)N(C)C)CC1. The van der Waals surface area contributed by atoms with Gasteiger partial charge in [0.25, 0.3) is 0 Å². The van der Waals surface area contributed by atoms with Gasteiger partial charge in [-0.05, 0) is 31.6 Å². The van der Waals surface area contributed by atoms with Crippen molar-refractivity contribution in [3.8, 4) is 0 Å². The minimum Gasteiger partial charge on any atom is -0.347 e. The average molecular weight is 212 g/mol. The molecule has 0 aromatic rings. The third kappa shape index (κ3) is 3.49. The molecule has 1 aliphatic rings. The van der Waals surface area contributed by atoms with Crippen LogP contribution in [0.15, 0.2) is 0 Å². The summed E-state index contributed by atoms with van der Waals surface area (Å²) in [4.78, 5) is 13.3. The zero-order valence-electron chi connectivity index (χ0n) is 10.5. The van der Waals surface area contributed by atoms with Crippen molar-refractivity contribution in [2.75, 3.05) is 20.6 Å². The van der Waals surface area contributed by atoms with Crippen molar-refractivity contribution in [1.29, 1.82) is 0 Å².